The first-order chi connectivity index (χ1) is 9.29. The van der Waals surface area contributed by atoms with E-state index in [1.54, 1.807) is 0 Å². The summed E-state index contributed by atoms with van der Waals surface area (Å²) in [6.45, 7) is 4.01. The number of pyridine rings is 1. The van der Waals surface area contributed by atoms with Crippen LogP contribution in [0.1, 0.15) is 18.9 Å². The molecular formula is C16H21N3. The molecule has 1 aromatic heterocycles. The van der Waals surface area contributed by atoms with Crippen molar-refractivity contribution in [1.29, 1.82) is 0 Å². The Morgan fingerprint density at radius 2 is 1.95 bits per heavy atom. The second-order valence-corrected chi connectivity index (χ2v) is 4.67. The molecule has 2 rings (SSSR count). The molecule has 0 spiro atoms. The molecule has 1 heterocycles. The van der Waals surface area contributed by atoms with Gasteiger partial charge in [0.15, 0.2) is 0 Å². The molecule has 0 saturated carbocycles. The van der Waals surface area contributed by atoms with Crippen LogP contribution in [-0.4, -0.2) is 18.6 Å². The molecule has 2 aromatic rings. The summed E-state index contributed by atoms with van der Waals surface area (Å²) in [5.74, 6) is 0.944. The average molecular weight is 255 g/mol. The quantitative estimate of drug-likeness (QED) is 0.855. The van der Waals surface area contributed by atoms with Gasteiger partial charge in [-0.05, 0) is 18.1 Å². The third-order valence-electron chi connectivity index (χ3n) is 3.00. The fourth-order valence-electron chi connectivity index (χ4n) is 1.96. The highest BCUT2D eigenvalue weighted by molar-refractivity contribution is 5.53. The lowest BCUT2D eigenvalue weighted by Crippen LogP contribution is -2.16. The van der Waals surface area contributed by atoms with Gasteiger partial charge in [0.05, 0.1) is 0 Å². The molecule has 0 unspecified atom stereocenters. The van der Waals surface area contributed by atoms with Crippen LogP contribution in [0.3, 0.4) is 0 Å². The van der Waals surface area contributed by atoms with Crippen molar-refractivity contribution in [2.45, 2.75) is 19.9 Å². The van der Waals surface area contributed by atoms with Crippen molar-refractivity contribution in [1.82, 2.24) is 4.98 Å². The van der Waals surface area contributed by atoms with E-state index < -0.39 is 0 Å². The van der Waals surface area contributed by atoms with Crippen LogP contribution in [0.4, 0.5) is 11.5 Å². The number of anilines is 2. The molecule has 0 aliphatic rings. The van der Waals surface area contributed by atoms with Crippen LogP contribution in [-0.2, 0) is 6.54 Å². The SMILES string of the molecule is CCCNc1cc(N(C)Cc2ccccc2)ccn1. The maximum Gasteiger partial charge on any atom is 0.127 e. The number of nitrogens with zero attached hydrogens (tertiary/aromatic N) is 2. The Kier molecular flexibility index (Phi) is 4.78. The topological polar surface area (TPSA) is 28.2 Å². The second-order valence-electron chi connectivity index (χ2n) is 4.67. The van der Waals surface area contributed by atoms with Crippen LogP contribution in [0.25, 0.3) is 0 Å². The lowest BCUT2D eigenvalue weighted by atomic mass is 10.2. The minimum Gasteiger partial charge on any atom is -0.370 e. The standard InChI is InChI=1S/C16H21N3/c1-3-10-17-16-12-15(9-11-18-16)19(2)13-14-7-5-4-6-8-14/h4-9,11-12H,3,10,13H2,1-2H3,(H,17,18). The number of nitrogens with one attached hydrogen (secondary N) is 1. The van der Waals surface area contributed by atoms with Crippen molar-refractivity contribution in [2.24, 2.45) is 0 Å². The Bertz CT molecular complexity index is 496. The molecule has 0 amide bonds. The van der Waals surface area contributed by atoms with Gasteiger partial charge in [-0.1, -0.05) is 37.3 Å². The van der Waals surface area contributed by atoms with E-state index >= 15 is 0 Å². The minimum absolute atomic E-state index is 0.901. The number of rotatable bonds is 6. The van der Waals surface area contributed by atoms with Gasteiger partial charge in [0, 0.05) is 38.1 Å². The van der Waals surface area contributed by atoms with E-state index in [1.807, 2.05) is 18.3 Å². The summed E-state index contributed by atoms with van der Waals surface area (Å²) >= 11 is 0. The van der Waals surface area contributed by atoms with Crippen LogP contribution in [0.5, 0.6) is 0 Å². The van der Waals surface area contributed by atoms with Crippen molar-refractivity contribution in [3.05, 3.63) is 54.2 Å². The fourth-order valence-corrected chi connectivity index (χ4v) is 1.96. The van der Waals surface area contributed by atoms with E-state index in [4.69, 9.17) is 0 Å². The van der Waals surface area contributed by atoms with Crippen LogP contribution in [0, 0.1) is 0 Å². The van der Waals surface area contributed by atoms with Crippen molar-refractivity contribution >= 4 is 11.5 Å². The molecule has 3 nitrogen and oxygen atoms in total. The predicted octanol–water partition coefficient (Wildman–Crippen LogP) is 3.54. The Balaban J connectivity index is 2.04. The Morgan fingerprint density at radius 3 is 2.68 bits per heavy atom. The smallest absolute Gasteiger partial charge is 0.127 e. The summed E-state index contributed by atoms with van der Waals surface area (Å²) in [5, 5.41) is 3.32. The third-order valence-corrected chi connectivity index (χ3v) is 3.00. The molecule has 0 radical (unpaired) electrons. The number of hydrogen-bond donors (Lipinski definition) is 1. The molecule has 0 aliphatic heterocycles. The van der Waals surface area contributed by atoms with Gasteiger partial charge < -0.3 is 10.2 Å². The second kappa shape index (κ2) is 6.78. The van der Waals surface area contributed by atoms with Crippen LogP contribution in [0.15, 0.2) is 48.7 Å². The fraction of sp³-hybridized carbons (Fsp3) is 0.312. The van der Waals surface area contributed by atoms with E-state index in [0.717, 1.165) is 25.3 Å². The van der Waals surface area contributed by atoms with Gasteiger partial charge in [-0.2, -0.15) is 0 Å². The van der Waals surface area contributed by atoms with Gasteiger partial charge in [-0.3, -0.25) is 0 Å². The summed E-state index contributed by atoms with van der Waals surface area (Å²) in [4.78, 5) is 6.56. The lowest BCUT2D eigenvalue weighted by Gasteiger charge is -2.20. The zero-order valence-electron chi connectivity index (χ0n) is 11.6. The molecule has 0 saturated heterocycles. The molecular weight excluding hydrogens is 234 g/mol. The first kappa shape index (κ1) is 13.4. The maximum atomic E-state index is 4.33. The molecule has 0 atom stereocenters. The maximum absolute atomic E-state index is 4.33. The lowest BCUT2D eigenvalue weighted by molar-refractivity contribution is 0.918. The van der Waals surface area contributed by atoms with E-state index in [-0.39, 0.29) is 0 Å². The summed E-state index contributed by atoms with van der Waals surface area (Å²) < 4.78 is 0. The summed E-state index contributed by atoms with van der Waals surface area (Å²) in [5.41, 5.74) is 2.49. The molecule has 1 N–H and O–H groups in total. The molecule has 0 bridgehead atoms. The van der Waals surface area contributed by atoms with Gasteiger partial charge in [-0.15, -0.1) is 0 Å². The highest BCUT2D eigenvalue weighted by Crippen LogP contribution is 2.18. The summed E-state index contributed by atoms with van der Waals surface area (Å²) in [7, 11) is 2.10. The third kappa shape index (κ3) is 3.98. The zero-order chi connectivity index (χ0) is 13.5. The van der Waals surface area contributed by atoms with Crippen molar-refractivity contribution < 1.29 is 0 Å². The molecule has 3 heteroatoms. The normalized spacial score (nSPS) is 10.2. The minimum atomic E-state index is 0.901. The first-order valence-electron chi connectivity index (χ1n) is 6.74. The van der Waals surface area contributed by atoms with Gasteiger partial charge in [-0.25, -0.2) is 4.98 Å². The molecule has 19 heavy (non-hydrogen) atoms. The Morgan fingerprint density at radius 1 is 1.16 bits per heavy atom. The average Bonchev–Trinajstić information content (AvgIpc) is 2.46. The zero-order valence-corrected chi connectivity index (χ0v) is 11.6. The molecule has 1 aromatic carbocycles. The molecule has 100 valence electrons. The van der Waals surface area contributed by atoms with Crippen molar-refractivity contribution in [3.63, 3.8) is 0 Å². The number of hydrogen-bond acceptors (Lipinski definition) is 3. The van der Waals surface area contributed by atoms with Gasteiger partial charge >= 0.3 is 0 Å². The van der Waals surface area contributed by atoms with Gasteiger partial charge in [0.2, 0.25) is 0 Å². The number of benzene rings is 1. The van der Waals surface area contributed by atoms with E-state index in [2.05, 4.69) is 59.5 Å². The van der Waals surface area contributed by atoms with Crippen LogP contribution < -0.4 is 10.2 Å². The van der Waals surface area contributed by atoms with Gasteiger partial charge in [0.25, 0.3) is 0 Å². The predicted molar refractivity (Wildman–Crippen MR) is 81.6 cm³/mol. The number of aromatic nitrogens is 1. The Labute approximate surface area is 115 Å². The van der Waals surface area contributed by atoms with E-state index in [0.29, 0.717) is 0 Å². The highest BCUT2D eigenvalue weighted by atomic mass is 15.1. The monoisotopic (exact) mass is 255 g/mol. The summed E-state index contributed by atoms with van der Waals surface area (Å²) in [6, 6.07) is 14.6. The van der Waals surface area contributed by atoms with Gasteiger partial charge in [0.1, 0.15) is 5.82 Å². The van der Waals surface area contributed by atoms with Crippen molar-refractivity contribution in [2.75, 3.05) is 23.8 Å². The van der Waals surface area contributed by atoms with E-state index in [9.17, 15) is 0 Å². The van der Waals surface area contributed by atoms with Crippen molar-refractivity contribution in [3.8, 4) is 0 Å². The highest BCUT2D eigenvalue weighted by Gasteiger charge is 2.03. The van der Waals surface area contributed by atoms with E-state index in [1.165, 1.54) is 11.3 Å². The Hall–Kier alpha value is -2.03. The molecule has 0 aliphatic carbocycles. The first-order valence-corrected chi connectivity index (χ1v) is 6.74. The van der Waals surface area contributed by atoms with Crippen LogP contribution in [0.2, 0.25) is 0 Å². The summed E-state index contributed by atoms with van der Waals surface area (Å²) in [6.07, 6.45) is 2.96. The molecule has 0 fully saturated rings. The largest absolute Gasteiger partial charge is 0.370 e. The van der Waals surface area contributed by atoms with Crippen LogP contribution >= 0.6 is 0 Å².